The van der Waals surface area contributed by atoms with Gasteiger partial charge < -0.3 is 10.0 Å². The van der Waals surface area contributed by atoms with Crippen molar-refractivity contribution in [2.24, 2.45) is 5.92 Å². The molecule has 0 aromatic heterocycles. The Hall–Kier alpha value is -1.92. The number of benzene rings is 1. The molecular formula is C19H29N3O3. The quantitative estimate of drug-likeness (QED) is 0.744. The van der Waals surface area contributed by atoms with Gasteiger partial charge in [-0.1, -0.05) is 50.6 Å². The highest BCUT2D eigenvalue weighted by Gasteiger charge is 2.26. The fraction of sp³-hybridized carbons (Fsp3) is 0.579. The van der Waals surface area contributed by atoms with Crippen molar-refractivity contribution in [2.75, 3.05) is 32.7 Å². The van der Waals surface area contributed by atoms with E-state index in [2.05, 4.69) is 22.3 Å². The third-order valence-electron chi connectivity index (χ3n) is 4.93. The van der Waals surface area contributed by atoms with Crippen LogP contribution in [0.4, 0.5) is 0 Å². The van der Waals surface area contributed by atoms with Crippen LogP contribution in [0.15, 0.2) is 30.3 Å². The Labute approximate surface area is 149 Å². The van der Waals surface area contributed by atoms with Crippen LogP contribution < -0.4 is 5.32 Å². The number of rotatable bonds is 8. The van der Waals surface area contributed by atoms with E-state index in [1.54, 1.807) is 0 Å². The third-order valence-corrected chi connectivity index (χ3v) is 4.93. The normalized spacial score (nSPS) is 17.9. The zero-order valence-electron chi connectivity index (χ0n) is 15.1. The number of hydrogen-bond donors (Lipinski definition) is 2. The maximum Gasteiger partial charge on any atom is 0.320 e. The second-order valence-corrected chi connectivity index (χ2v) is 6.72. The van der Waals surface area contributed by atoms with E-state index in [-0.39, 0.29) is 18.4 Å². The van der Waals surface area contributed by atoms with E-state index in [1.807, 2.05) is 36.9 Å². The van der Waals surface area contributed by atoms with Gasteiger partial charge in [-0.2, -0.15) is 0 Å². The van der Waals surface area contributed by atoms with E-state index in [0.29, 0.717) is 13.1 Å². The molecule has 1 heterocycles. The lowest BCUT2D eigenvalue weighted by Crippen LogP contribution is -2.52. The van der Waals surface area contributed by atoms with E-state index >= 15 is 0 Å². The van der Waals surface area contributed by atoms with Crippen molar-refractivity contribution in [2.45, 2.75) is 32.9 Å². The third kappa shape index (κ3) is 5.83. The predicted octanol–water partition coefficient (Wildman–Crippen LogP) is 1.42. The molecule has 0 unspecified atom stereocenters. The van der Waals surface area contributed by atoms with E-state index in [0.717, 1.165) is 26.1 Å². The number of piperazine rings is 1. The van der Waals surface area contributed by atoms with Gasteiger partial charge in [-0.05, 0) is 11.5 Å². The molecule has 1 aliphatic rings. The van der Waals surface area contributed by atoms with E-state index in [9.17, 15) is 14.7 Å². The molecule has 25 heavy (non-hydrogen) atoms. The molecule has 2 rings (SSSR count). The number of carbonyl (C=O) groups excluding carboxylic acids is 1. The number of carboxylic acid groups (broad SMARTS) is 1. The Morgan fingerprint density at radius 1 is 1.16 bits per heavy atom. The SMILES string of the molecule is CC[C@H](C)[C@H](NCC(=O)N1CCN(Cc2ccccc2)CC1)C(=O)O. The molecule has 2 N–H and O–H groups in total. The van der Waals surface area contributed by atoms with E-state index in [1.165, 1.54) is 5.56 Å². The first-order valence-electron chi connectivity index (χ1n) is 9.01. The van der Waals surface area contributed by atoms with Crippen LogP contribution in [-0.4, -0.2) is 65.5 Å². The van der Waals surface area contributed by atoms with Crippen molar-refractivity contribution < 1.29 is 14.7 Å². The summed E-state index contributed by atoms with van der Waals surface area (Å²) in [7, 11) is 0. The predicted molar refractivity (Wildman–Crippen MR) is 97.2 cm³/mol. The molecule has 0 saturated carbocycles. The molecule has 6 heteroatoms. The largest absolute Gasteiger partial charge is 0.480 e. The number of nitrogens with one attached hydrogen (secondary N) is 1. The fourth-order valence-corrected chi connectivity index (χ4v) is 3.07. The average molecular weight is 347 g/mol. The topological polar surface area (TPSA) is 72.9 Å². The van der Waals surface area contributed by atoms with Crippen LogP contribution in [0.25, 0.3) is 0 Å². The Balaban J connectivity index is 1.76. The number of carbonyl (C=O) groups is 2. The van der Waals surface area contributed by atoms with Gasteiger partial charge in [0.15, 0.2) is 0 Å². The van der Waals surface area contributed by atoms with Crippen LogP contribution >= 0.6 is 0 Å². The first-order valence-corrected chi connectivity index (χ1v) is 9.01. The van der Waals surface area contributed by atoms with Gasteiger partial charge in [-0.15, -0.1) is 0 Å². The Morgan fingerprint density at radius 2 is 1.80 bits per heavy atom. The molecule has 0 bridgehead atoms. The molecule has 1 aliphatic heterocycles. The van der Waals surface area contributed by atoms with Crippen LogP contribution in [-0.2, 0) is 16.1 Å². The molecule has 0 radical (unpaired) electrons. The van der Waals surface area contributed by atoms with Crippen LogP contribution in [0.3, 0.4) is 0 Å². The molecule has 0 aliphatic carbocycles. The standard InChI is InChI=1S/C19H29N3O3/c1-3-15(2)18(19(24)25)20-13-17(23)22-11-9-21(10-12-22)14-16-7-5-4-6-8-16/h4-8,15,18,20H,3,9-14H2,1-2H3,(H,24,25)/t15-,18-/m0/s1. The summed E-state index contributed by atoms with van der Waals surface area (Å²) >= 11 is 0. The molecule has 1 fully saturated rings. The van der Waals surface area contributed by atoms with Gasteiger partial charge in [-0.3, -0.25) is 19.8 Å². The van der Waals surface area contributed by atoms with Crippen molar-refractivity contribution in [3.63, 3.8) is 0 Å². The zero-order chi connectivity index (χ0) is 18.2. The van der Waals surface area contributed by atoms with Crippen LogP contribution in [0, 0.1) is 5.92 Å². The van der Waals surface area contributed by atoms with Gasteiger partial charge in [0.1, 0.15) is 6.04 Å². The molecule has 1 saturated heterocycles. The molecule has 2 atom stereocenters. The minimum atomic E-state index is -0.894. The zero-order valence-corrected chi connectivity index (χ0v) is 15.1. The highest BCUT2D eigenvalue weighted by molar-refractivity contribution is 5.80. The lowest BCUT2D eigenvalue weighted by atomic mass is 9.99. The van der Waals surface area contributed by atoms with Crippen molar-refractivity contribution >= 4 is 11.9 Å². The van der Waals surface area contributed by atoms with E-state index in [4.69, 9.17) is 0 Å². The number of nitrogens with zero attached hydrogens (tertiary/aromatic N) is 2. The summed E-state index contributed by atoms with van der Waals surface area (Å²) in [5.41, 5.74) is 1.28. The number of hydrogen-bond acceptors (Lipinski definition) is 4. The first kappa shape index (κ1) is 19.4. The molecule has 1 aromatic rings. The summed E-state index contributed by atoms with van der Waals surface area (Å²) in [6.07, 6.45) is 0.760. The Bertz CT molecular complexity index is 556. The van der Waals surface area contributed by atoms with Crippen LogP contribution in [0.1, 0.15) is 25.8 Å². The van der Waals surface area contributed by atoms with Gasteiger partial charge in [0.05, 0.1) is 6.54 Å². The summed E-state index contributed by atoms with van der Waals surface area (Å²) < 4.78 is 0. The van der Waals surface area contributed by atoms with Gasteiger partial charge in [-0.25, -0.2) is 0 Å². The summed E-state index contributed by atoms with van der Waals surface area (Å²) in [5.74, 6) is -0.920. The molecule has 6 nitrogen and oxygen atoms in total. The highest BCUT2D eigenvalue weighted by atomic mass is 16.4. The van der Waals surface area contributed by atoms with Gasteiger partial charge in [0.25, 0.3) is 0 Å². The van der Waals surface area contributed by atoms with Crippen molar-refractivity contribution in [1.82, 2.24) is 15.1 Å². The molecule has 1 aromatic carbocycles. The fourth-order valence-electron chi connectivity index (χ4n) is 3.07. The van der Waals surface area contributed by atoms with Gasteiger partial charge in [0.2, 0.25) is 5.91 Å². The lowest BCUT2D eigenvalue weighted by molar-refractivity contribution is -0.141. The Morgan fingerprint density at radius 3 is 2.36 bits per heavy atom. The van der Waals surface area contributed by atoms with Crippen LogP contribution in [0.2, 0.25) is 0 Å². The van der Waals surface area contributed by atoms with Crippen molar-refractivity contribution in [3.8, 4) is 0 Å². The minimum absolute atomic E-state index is 0.00646. The highest BCUT2D eigenvalue weighted by Crippen LogP contribution is 2.10. The maximum absolute atomic E-state index is 12.4. The smallest absolute Gasteiger partial charge is 0.320 e. The molecule has 1 amide bonds. The molecule has 138 valence electrons. The second kappa shape index (κ2) is 9.53. The van der Waals surface area contributed by atoms with E-state index < -0.39 is 12.0 Å². The first-order chi connectivity index (χ1) is 12.0. The molecule has 0 spiro atoms. The van der Waals surface area contributed by atoms with Gasteiger partial charge >= 0.3 is 5.97 Å². The van der Waals surface area contributed by atoms with Crippen LogP contribution in [0.5, 0.6) is 0 Å². The summed E-state index contributed by atoms with van der Waals surface area (Å²) in [6, 6.07) is 9.64. The molecular weight excluding hydrogens is 318 g/mol. The minimum Gasteiger partial charge on any atom is -0.480 e. The lowest BCUT2D eigenvalue weighted by Gasteiger charge is -2.35. The summed E-state index contributed by atoms with van der Waals surface area (Å²) in [5, 5.41) is 12.2. The van der Waals surface area contributed by atoms with Crippen molar-refractivity contribution in [3.05, 3.63) is 35.9 Å². The number of aliphatic carboxylic acids is 1. The summed E-state index contributed by atoms with van der Waals surface area (Å²) in [4.78, 5) is 27.8. The summed E-state index contributed by atoms with van der Waals surface area (Å²) in [6.45, 7) is 7.89. The second-order valence-electron chi connectivity index (χ2n) is 6.72. The van der Waals surface area contributed by atoms with Crippen molar-refractivity contribution in [1.29, 1.82) is 0 Å². The maximum atomic E-state index is 12.4. The number of amides is 1. The Kier molecular flexibility index (Phi) is 7.40. The average Bonchev–Trinajstić information content (AvgIpc) is 2.62. The number of carboxylic acids is 1. The monoisotopic (exact) mass is 347 g/mol. The van der Waals surface area contributed by atoms with Gasteiger partial charge in [0, 0.05) is 32.7 Å².